The fraction of sp³-hybridized carbons (Fsp3) is 0.565. The molecule has 0 atom stereocenters. The molecule has 0 saturated carbocycles. The largest absolute Gasteiger partial charge is 0.379 e. The van der Waals surface area contributed by atoms with E-state index in [9.17, 15) is 14.0 Å². The Morgan fingerprint density at radius 1 is 0.967 bits per heavy atom. The Morgan fingerprint density at radius 3 is 2.30 bits per heavy atom. The summed E-state index contributed by atoms with van der Waals surface area (Å²) < 4.78 is 18.8. The van der Waals surface area contributed by atoms with E-state index in [-0.39, 0.29) is 17.6 Å². The minimum atomic E-state index is -0.355. The second-order valence-corrected chi connectivity index (χ2v) is 8.47. The Kier molecular flexibility index (Phi) is 6.49. The summed E-state index contributed by atoms with van der Waals surface area (Å²) >= 11 is 0. The van der Waals surface area contributed by atoms with Gasteiger partial charge in [0.1, 0.15) is 11.5 Å². The molecule has 2 saturated heterocycles. The molecule has 3 aliphatic heterocycles. The summed E-state index contributed by atoms with van der Waals surface area (Å²) in [4.78, 5) is 32.4. The van der Waals surface area contributed by atoms with Gasteiger partial charge in [0.15, 0.2) is 0 Å². The van der Waals surface area contributed by atoms with E-state index in [1.807, 2.05) is 0 Å². The summed E-state index contributed by atoms with van der Waals surface area (Å²) in [5.74, 6) is -0.210. The van der Waals surface area contributed by atoms with Crippen LogP contribution in [-0.4, -0.2) is 79.0 Å². The molecule has 3 heterocycles. The fourth-order valence-electron chi connectivity index (χ4n) is 4.45. The SMILES string of the molecule is CC1CCN(C2=C(c3ccc(F)cc3)C(=O)N(CCCN3CCOCC3)C2=O)CC1. The van der Waals surface area contributed by atoms with E-state index in [1.165, 1.54) is 17.0 Å². The molecule has 2 fully saturated rings. The number of halogens is 1. The lowest BCUT2D eigenvalue weighted by Crippen LogP contribution is -2.41. The number of carbonyl (C=O) groups is 2. The highest BCUT2D eigenvalue weighted by Gasteiger charge is 2.41. The van der Waals surface area contributed by atoms with Crippen molar-refractivity contribution in [1.82, 2.24) is 14.7 Å². The molecule has 0 aliphatic carbocycles. The van der Waals surface area contributed by atoms with Gasteiger partial charge in [-0.25, -0.2) is 4.39 Å². The first-order valence-corrected chi connectivity index (χ1v) is 11.0. The number of benzene rings is 1. The van der Waals surface area contributed by atoms with E-state index in [4.69, 9.17) is 4.74 Å². The van der Waals surface area contributed by atoms with Crippen LogP contribution in [-0.2, 0) is 14.3 Å². The van der Waals surface area contributed by atoms with Crippen molar-refractivity contribution in [2.75, 3.05) is 52.5 Å². The van der Waals surface area contributed by atoms with Crippen molar-refractivity contribution in [1.29, 1.82) is 0 Å². The van der Waals surface area contributed by atoms with Crippen LogP contribution >= 0.6 is 0 Å². The minimum Gasteiger partial charge on any atom is -0.379 e. The molecule has 0 aromatic heterocycles. The summed E-state index contributed by atoms with van der Waals surface area (Å²) in [6, 6.07) is 5.88. The molecule has 3 aliphatic rings. The van der Waals surface area contributed by atoms with Gasteiger partial charge in [-0.05, 0) is 42.9 Å². The number of hydrogen-bond donors (Lipinski definition) is 0. The molecular weight excluding hydrogens is 385 g/mol. The summed E-state index contributed by atoms with van der Waals surface area (Å²) in [5, 5.41) is 0. The second kappa shape index (κ2) is 9.27. The molecule has 162 valence electrons. The number of imide groups is 1. The van der Waals surface area contributed by atoms with E-state index in [2.05, 4.69) is 16.7 Å². The highest BCUT2D eigenvalue weighted by atomic mass is 19.1. The maximum atomic E-state index is 13.5. The van der Waals surface area contributed by atoms with Gasteiger partial charge in [-0.15, -0.1) is 0 Å². The van der Waals surface area contributed by atoms with Crippen LogP contribution in [0.5, 0.6) is 0 Å². The summed E-state index contributed by atoms with van der Waals surface area (Å²) in [6.07, 6.45) is 2.73. The van der Waals surface area contributed by atoms with Crippen LogP contribution < -0.4 is 0 Å². The number of piperidine rings is 1. The van der Waals surface area contributed by atoms with E-state index < -0.39 is 0 Å². The van der Waals surface area contributed by atoms with Crippen molar-refractivity contribution in [3.8, 4) is 0 Å². The van der Waals surface area contributed by atoms with Gasteiger partial charge < -0.3 is 9.64 Å². The van der Waals surface area contributed by atoms with Gasteiger partial charge in [0.05, 0.1) is 18.8 Å². The predicted octanol–water partition coefficient (Wildman–Crippen LogP) is 2.36. The molecule has 2 amide bonds. The maximum absolute atomic E-state index is 13.5. The van der Waals surface area contributed by atoms with Crippen molar-refractivity contribution < 1.29 is 18.7 Å². The van der Waals surface area contributed by atoms with Crippen molar-refractivity contribution in [2.45, 2.75) is 26.2 Å². The lowest BCUT2D eigenvalue weighted by Gasteiger charge is -2.32. The van der Waals surface area contributed by atoms with E-state index >= 15 is 0 Å². The normalized spacial score (nSPS) is 21.8. The first-order chi connectivity index (χ1) is 14.5. The second-order valence-electron chi connectivity index (χ2n) is 8.47. The van der Waals surface area contributed by atoms with E-state index in [0.717, 1.165) is 65.2 Å². The molecule has 1 aromatic carbocycles. The highest BCUT2D eigenvalue weighted by molar-refractivity contribution is 6.35. The van der Waals surface area contributed by atoms with Crippen molar-refractivity contribution in [3.05, 3.63) is 41.3 Å². The zero-order valence-electron chi connectivity index (χ0n) is 17.6. The average molecular weight is 416 g/mol. The molecular formula is C23H30FN3O3. The Hall–Kier alpha value is -2.25. The van der Waals surface area contributed by atoms with Crippen molar-refractivity contribution in [2.24, 2.45) is 5.92 Å². The Labute approximate surface area is 177 Å². The first kappa shape index (κ1) is 21.0. The maximum Gasteiger partial charge on any atom is 0.277 e. The summed E-state index contributed by atoms with van der Waals surface area (Å²) in [7, 11) is 0. The van der Waals surface area contributed by atoms with Gasteiger partial charge in [0.25, 0.3) is 11.8 Å². The van der Waals surface area contributed by atoms with Gasteiger partial charge in [-0.2, -0.15) is 0 Å². The third-order valence-electron chi connectivity index (χ3n) is 6.34. The van der Waals surface area contributed by atoms with Crippen LogP contribution in [0.2, 0.25) is 0 Å². The molecule has 30 heavy (non-hydrogen) atoms. The summed E-state index contributed by atoms with van der Waals surface area (Å²) in [5.41, 5.74) is 1.52. The monoisotopic (exact) mass is 415 g/mol. The van der Waals surface area contributed by atoms with Crippen LogP contribution in [0.3, 0.4) is 0 Å². The average Bonchev–Trinajstić information content (AvgIpc) is 3.00. The molecule has 4 rings (SSSR count). The Bertz CT molecular complexity index is 809. The van der Waals surface area contributed by atoms with Gasteiger partial charge in [0.2, 0.25) is 0 Å². The number of morpholine rings is 1. The number of nitrogens with zero attached hydrogens (tertiary/aromatic N) is 3. The molecule has 0 N–H and O–H groups in total. The number of ether oxygens (including phenoxy) is 1. The van der Waals surface area contributed by atoms with Gasteiger partial charge in [-0.1, -0.05) is 19.1 Å². The standard InChI is InChI=1S/C23H30FN3O3/c1-17-7-11-26(12-8-17)21-20(18-3-5-19(24)6-4-18)22(28)27(23(21)29)10-2-9-25-13-15-30-16-14-25/h3-6,17H,2,7-16H2,1H3. The van der Waals surface area contributed by atoms with Gasteiger partial charge in [0, 0.05) is 39.3 Å². The molecule has 0 bridgehead atoms. The van der Waals surface area contributed by atoms with Crippen LogP contribution in [0.4, 0.5) is 4.39 Å². The summed E-state index contributed by atoms with van der Waals surface area (Å²) in [6.45, 7) is 8.22. The topological polar surface area (TPSA) is 53.1 Å². The number of hydrogen-bond acceptors (Lipinski definition) is 5. The lowest BCUT2D eigenvalue weighted by molar-refractivity contribution is -0.137. The highest BCUT2D eigenvalue weighted by Crippen LogP contribution is 2.34. The van der Waals surface area contributed by atoms with Crippen LogP contribution in [0.25, 0.3) is 5.57 Å². The van der Waals surface area contributed by atoms with Crippen LogP contribution in [0, 0.1) is 11.7 Å². The number of amides is 2. The van der Waals surface area contributed by atoms with Crippen molar-refractivity contribution >= 4 is 17.4 Å². The Balaban J connectivity index is 1.53. The molecule has 0 spiro atoms. The first-order valence-electron chi connectivity index (χ1n) is 11.0. The third-order valence-corrected chi connectivity index (χ3v) is 6.34. The van der Waals surface area contributed by atoms with Gasteiger partial charge >= 0.3 is 0 Å². The van der Waals surface area contributed by atoms with E-state index in [1.54, 1.807) is 12.1 Å². The molecule has 0 radical (unpaired) electrons. The molecule has 1 aromatic rings. The molecule has 7 heteroatoms. The van der Waals surface area contributed by atoms with Crippen molar-refractivity contribution in [3.63, 3.8) is 0 Å². The third kappa shape index (κ3) is 4.42. The lowest BCUT2D eigenvalue weighted by atomic mass is 9.97. The number of likely N-dealkylation sites (tertiary alicyclic amines) is 1. The predicted molar refractivity (Wildman–Crippen MR) is 112 cm³/mol. The fourth-order valence-corrected chi connectivity index (χ4v) is 4.45. The van der Waals surface area contributed by atoms with E-state index in [0.29, 0.717) is 29.3 Å². The molecule has 0 unspecified atom stereocenters. The van der Waals surface area contributed by atoms with Gasteiger partial charge in [-0.3, -0.25) is 19.4 Å². The smallest absolute Gasteiger partial charge is 0.277 e. The Morgan fingerprint density at radius 2 is 1.63 bits per heavy atom. The zero-order valence-corrected chi connectivity index (χ0v) is 17.6. The number of carbonyl (C=O) groups excluding carboxylic acids is 2. The number of rotatable bonds is 6. The van der Waals surface area contributed by atoms with Crippen LogP contribution in [0.1, 0.15) is 31.7 Å². The molecule has 6 nitrogen and oxygen atoms in total. The van der Waals surface area contributed by atoms with Crippen LogP contribution in [0.15, 0.2) is 30.0 Å². The zero-order chi connectivity index (χ0) is 21.1. The minimum absolute atomic E-state index is 0.212. The quantitative estimate of drug-likeness (QED) is 0.668.